The highest BCUT2D eigenvalue weighted by Crippen LogP contribution is 2.31. The van der Waals surface area contributed by atoms with Crippen molar-refractivity contribution < 1.29 is 14.4 Å². The van der Waals surface area contributed by atoms with Crippen LogP contribution >= 0.6 is 11.6 Å². The summed E-state index contributed by atoms with van der Waals surface area (Å²) in [5, 5.41) is 16.9. The van der Waals surface area contributed by atoms with E-state index in [0.717, 1.165) is 25.7 Å². The molecule has 1 aliphatic carbocycles. The highest BCUT2D eigenvalue weighted by atomic mass is 35.5. The molecule has 1 aromatic heterocycles. The summed E-state index contributed by atoms with van der Waals surface area (Å²) in [7, 11) is 0. The number of hydrogen-bond donors (Lipinski definition) is 2. The van der Waals surface area contributed by atoms with E-state index >= 15 is 0 Å². The lowest BCUT2D eigenvalue weighted by molar-refractivity contribution is 0.0913. The van der Waals surface area contributed by atoms with Crippen molar-refractivity contribution in [1.29, 1.82) is 0 Å². The van der Waals surface area contributed by atoms with Crippen LogP contribution in [-0.4, -0.2) is 28.8 Å². The van der Waals surface area contributed by atoms with E-state index < -0.39 is 0 Å². The number of rotatable bonds is 4. The first-order valence-electron chi connectivity index (χ1n) is 8.23. The number of nitrogens with zero attached hydrogens (tertiary/aromatic N) is 1. The van der Waals surface area contributed by atoms with Crippen LogP contribution in [0.25, 0.3) is 11.3 Å². The summed E-state index contributed by atoms with van der Waals surface area (Å²) >= 11 is 6.23. The Morgan fingerprint density at radius 2 is 2.04 bits per heavy atom. The van der Waals surface area contributed by atoms with Crippen molar-refractivity contribution in [2.75, 3.05) is 6.61 Å². The van der Waals surface area contributed by atoms with Gasteiger partial charge in [-0.05, 0) is 44.6 Å². The minimum Gasteiger partial charge on any atom is -0.396 e. The predicted molar refractivity (Wildman–Crippen MR) is 92.0 cm³/mol. The minimum absolute atomic E-state index is 0.119. The first-order valence-corrected chi connectivity index (χ1v) is 8.60. The Labute approximate surface area is 146 Å². The second-order valence-corrected chi connectivity index (χ2v) is 6.72. The van der Waals surface area contributed by atoms with Crippen LogP contribution in [0.1, 0.15) is 41.8 Å². The van der Waals surface area contributed by atoms with Gasteiger partial charge in [-0.2, -0.15) is 0 Å². The number of aromatic nitrogens is 1. The number of halogens is 1. The number of hydrogen-bond acceptors (Lipinski definition) is 4. The van der Waals surface area contributed by atoms with Gasteiger partial charge in [0.05, 0.1) is 5.02 Å². The fourth-order valence-corrected chi connectivity index (χ4v) is 3.45. The van der Waals surface area contributed by atoms with Gasteiger partial charge in [0.2, 0.25) is 0 Å². The normalized spacial score (nSPS) is 20.8. The molecule has 1 aromatic carbocycles. The standard InChI is InChI=1S/C18H21ClN2O3/c1-11-16(17(21-24-11)14-4-2-3-5-15(14)19)18(23)20-13-8-6-12(10-22)7-9-13/h2-5,12-13,22H,6-10H2,1H3,(H,20,23). The average molecular weight is 349 g/mol. The Morgan fingerprint density at radius 1 is 1.33 bits per heavy atom. The van der Waals surface area contributed by atoms with E-state index in [1.807, 2.05) is 18.2 Å². The lowest BCUT2D eigenvalue weighted by Crippen LogP contribution is -2.38. The number of amides is 1. The summed E-state index contributed by atoms with van der Waals surface area (Å²) in [5.41, 5.74) is 1.59. The molecule has 0 radical (unpaired) electrons. The van der Waals surface area contributed by atoms with Gasteiger partial charge < -0.3 is 14.9 Å². The third-order valence-electron chi connectivity index (χ3n) is 4.66. The third-order valence-corrected chi connectivity index (χ3v) is 4.99. The average Bonchev–Trinajstić information content (AvgIpc) is 2.97. The fraction of sp³-hybridized carbons (Fsp3) is 0.444. The van der Waals surface area contributed by atoms with Crippen molar-refractivity contribution in [3.8, 4) is 11.3 Å². The molecule has 0 bridgehead atoms. The van der Waals surface area contributed by atoms with Crippen LogP contribution in [0.4, 0.5) is 0 Å². The van der Waals surface area contributed by atoms with Gasteiger partial charge in [-0.1, -0.05) is 35.0 Å². The molecule has 6 heteroatoms. The molecule has 1 saturated carbocycles. The van der Waals surface area contributed by atoms with Crippen molar-refractivity contribution in [3.63, 3.8) is 0 Å². The summed E-state index contributed by atoms with van der Waals surface area (Å²) in [5.74, 6) is 0.650. The highest BCUT2D eigenvalue weighted by molar-refractivity contribution is 6.33. The van der Waals surface area contributed by atoms with E-state index in [0.29, 0.717) is 33.5 Å². The molecule has 2 N–H and O–H groups in total. The van der Waals surface area contributed by atoms with Crippen LogP contribution in [-0.2, 0) is 0 Å². The van der Waals surface area contributed by atoms with E-state index in [9.17, 15) is 9.90 Å². The topological polar surface area (TPSA) is 75.4 Å². The predicted octanol–water partition coefficient (Wildman–Crippen LogP) is 3.58. The number of benzene rings is 1. The van der Waals surface area contributed by atoms with Gasteiger partial charge >= 0.3 is 0 Å². The highest BCUT2D eigenvalue weighted by Gasteiger charge is 2.27. The number of aryl methyl sites for hydroxylation is 1. The molecule has 24 heavy (non-hydrogen) atoms. The molecule has 0 spiro atoms. The van der Waals surface area contributed by atoms with Gasteiger partial charge in [-0.3, -0.25) is 4.79 Å². The smallest absolute Gasteiger partial charge is 0.257 e. The largest absolute Gasteiger partial charge is 0.396 e. The van der Waals surface area contributed by atoms with Crippen molar-refractivity contribution in [2.24, 2.45) is 5.92 Å². The van der Waals surface area contributed by atoms with Gasteiger partial charge in [0, 0.05) is 18.2 Å². The summed E-state index contributed by atoms with van der Waals surface area (Å²) in [6.45, 7) is 1.95. The molecular formula is C18H21ClN2O3. The first-order chi connectivity index (χ1) is 11.6. The second kappa shape index (κ2) is 7.36. The molecule has 3 rings (SSSR count). The second-order valence-electron chi connectivity index (χ2n) is 6.32. The molecule has 0 unspecified atom stereocenters. The maximum absolute atomic E-state index is 12.7. The summed E-state index contributed by atoms with van der Waals surface area (Å²) in [6.07, 6.45) is 3.62. The molecule has 128 valence electrons. The Hall–Kier alpha value is -1.85. The van der Waals surface area contributed by atoms with Gasteiger partial charge in [0.1, 0.15) is 17.0 Å². The van der Waals surface area contributed by atoms with E-state index in [4.69, 9.17) is 16.1 Å². The number of nitrogens with one attached hydrogen (secondary N) is 1. The minimum atomic E-state index is -0.184. The Bertz CT molecular complexity index is 721. The summed E-state index contributed by atoms with van der Waals surface area (Å²) in [4.78, 5) is 12.7. The monoisotopic (exact) mass is 348 g/mol. The first kappa shape index (κ1) is 17.0. The van der Waals surface area contributed by atoms with E-state index in [1.54, 1.807) is 13.0 Å². The van der Waals surface area contributed by atoms with Gasteiger partial charge in [0.25, 0.3) is 5.91 Å². The van der Waals surface area contributed by atoms with Crippen molar-refractivity contribution in [2.45, 2.75) is 38.6 Å². The third kappa shape index (κ3) is 3.47. The molecule has 1 amide bonds. The van der Waals surface area contributed by atoms with Crippen molar-refractivity contribution in [3.05, 3.63) is 40.6 Å². The molecule has 2 aromatic rings. The summed E-state index contributed by atoms with van der Waals surface area (Å²) in [6, 6.07) is 7.39. The molecule has 1 fully saturated rings. The zero-order valence-electron chi connectivity index (χ0n) is 13.6. The van der Waals surface area contributed by atoms with Gasteiger partial charge in [-0.25, -0.2) is 0 Å². The maximum atomic E-state index is 12.7. The van der Waals surface area contributed by atoms with Crippen molar-refractivity contribution in [1.82, 2.24) is 10.5 Å². The fourth-order valence-electron chi connectivity index (χ4n) is 3.22. The quantitative estimate of drug-likeness (QED) is 0.885. The van der Waals surface area contributed by atoms with Crippen LogP contribution in [0, 0.1) is 12.8 Å². The number of aliphatic hydroxyl groups is 1. The van der Waals surface area contributed by atoms with Crippen LogP contribution in [0.15, 0.2) is 28.8 Å². The van der Waals surface area contributed by atoms with Crippen LogP contribution in [0.2, 0.25) is 5.02 Å². The van der Waals surface area contributed by atoms with Gasteiger partial charge in [-0.15, -0.1) is 0 Å². The Kier molecular flexibility index (Phi) is 5.21. The van der Waals surface area contributed by atoms with Crippen LogP contribution < -0.4 is 5.32 Å². The van der Waals surface area contributed by atoms with Crippen LogP contribution in [0.3, 0.4) is 0 Å². The van der Waals surface area contributed by atoms with E-state index in [2.05, 4.69) is 10.5 Å². The lowest BCUT2D eigenvalue weighted by atomic mass is 9.86. The Morgan fingerprint density at radius 3 is 2.71 bits per heavy atom. The Balaban J connectivity index is 1.79. The maximum Gasteiger partial charge on any atom is 0.257 e. The van der Waals surface area contributed by atoms with Gasteiger partial charge in [0.15, 0.2) is 0 Å². The zero-order chi connectivity index (χ0) is 17.1. The molecule has 5 nitrogen and oxygen atoms in total. The van der Waals surface area contributed by atoms with Crippen LogP contribution in [0.5, 0.6) is 0 Å². The SMILES string of the molecule is Cc1onc(-c2ccccc2Cl)c1C(=O)NC1CCC(CO)CC1. The van der Waals surface area contributed by atoms with Crippen molar-refractivity contribution >= 4 is 17.5 Å². The molecule has 1 aliphatic rings. The molecule has 0 atom stereocenters. The lowest BCUT2D eigenvalue weighted by Gasteiger charge is -2.27. The molecule has 0 aliphatic heterocycles. The molecule has 0 saturated heterocycles. The zero-order valence-corrected chi connectivity index (χ0v) is 14.3. The van der Waals surface area contributed by atoms with E-state index in [-0.39, 0.29) is 18.6 Å². The molecular weight excluding hydrogens is 328 g/mol. The number of aliphatic hydroxyl groups excluding tert-OH is 1. The number of carbonyl (C=O) groups excluding carboxylic acids is 1. The van der Waals surface area contributed by atoms with E-state index in [1.165, 1.54) is 0 Å². The number of carbonyl (C=O) groups is 1. The summed E-state index contributed by atoms with van der Waals surface area (Å²) < 4.78 is 5.25. The molecule has 1 heterocycles.